The summed E-state index contributed by atoms with van der Waals surface area (Å²) in [5, 5.41) is 1.97. The van der Waals surface area contributed by atoms with Crippen LogP contribution in [-0.4, -0.2) is 5.16 Å². The van der Waals surface area contributed by atoms with E-state index in [1.165, 1.54) is 0 Å². The van der Waals surface area contributed by atoms with Gasteiger partial charge in [0.1, 0.15) is 5.69 Å². The van der Waals surface area contributed by atoms with Gasteiger partial charge in [0, 0.05) is 11.1 Å². The second-order valence-corrected chi connectivity index (χ2v) is 5.89. The first-order valence-corrected chi connectivity index (χ1v) is 8.88. The van der Waals surface area contributed by atoms with Crippen LogP contribution in [0.1, 0.15) is 48.9 Å². The number of unbranched alkanes of at least 4 members (excludes halogenated alkanes) is 1. The van der Waals surface area contributed by atoms with Crippen molar-refractivity contribution in [3.05, 3.63) is 70.3 Å². The second-order valence-electron chi connectivity index (χ2n) is 5.70. The van der Waals surface area contributed by atoms with Crippen LogP contribution in [0.25, 0.3) is 6.08 Å². The molecule has 0 fully saturated rings. The van der Waals surface area contributed by atoms with E-state index in [4.69, 9.17) is 0 Å². The Bertz CT molecular complexity index is 906. The van der Waals surface area contributed by atoms with Crippen LogP contribution < -0.4 is 0 Å². The van der Waals surface area contributed by atoms with Crippen molar-refractivity contribution < 1.29 is 8.78 Å². The summed E-state index contributed by atoms with van der Waals surface area (Å²) in [6.07, 6.45) is 7.23. The lowest BCUT2D eigenvalue weighted by molar-refractivity contribution is 0.587. The van der Waals surface area contributed by atoms with Crippen LogP contribution >= 0.6 is 12.2 Å². The van der Waals surface area contributed by atoms with E-state index in [1.807, 2.05) is 17.3 Å². The third-order valence-electron chi connectivity index (χ3n) is 3.79. The molecule has 2 rings (SSSR count). The second kappa shape index (κ2) is 9.77. The first-order chi connectivity index (χ1) is 12.6. The summed E-state index contributed by atoms with van der Waals surface area (Å²) >= 11 is 4.39. The highest BCUT2D eigenvalue weighted by Crippen LogP contribution is 2.23. The van der Waals surface area contributed by atoms with Gasteiger partial charge < -0.3 is 0 Å². The zero-order valence-electron chi connectivity index (χ0n) is 14.8. The van der Waals surface area contributed by atoms with Gasteiger partial charge in [0.05, 0.1) is 5.16 Å². The third-order valence-corrected chi connectivity index (χ3v) is 3.88. The van der Waals surface area contributed by atoms with Crippen LogP contribution in [0.3, 0.4) is 0 Å². The van der Waals surface area contributed by atoms with Crippen molar-refractivity contribution in [1.82, 2.24) is 0 Å². The van der Waals surface area contributed by atoms with Crippen molar-refractivity contribution in [1.29, 1.82) is 0 Å². The molecule has 0 radical (unpaired) electrons. The number of aryl methyl sites for hydroxylation is 1. The van der Waals surface area contributed by atoms with Crippen molar-refractivity contribution in [2.24, 2.45) is 4.99 Å². The van der Waals surface area contributed by atoms with Crippen LogP contribution in [-0.2, 0) is 6.42 Å². The number of aliphatic imine (C=N–C) groups is 1. The number of benzene rings is 2. The van der Waals surface area contributed by atoms with Crippen molar-refractivity contribution in [3.8, 4) is 11.8 Å². The monoisotopic (exact) mass is 367 g/mol. The molecule has 0 N–H and O–H groups in total. The summed E-state index contributed by atoms with van der Waals surface area (Å²) in [5.41, 5.74) is 2.88. The van der Waals surface area contributed by atoms with Crippen LogP contribution in [0.4, 0.5) is 14.5 Å². The van der Waals surface area contributed by atoms with Crippen molar-refractivity contribution >= 4 is 29.1 Å². The number of allylic oxidation sites excluding steroid dienone is 1. The average molecular weight is 367 g/mol. The molecule has 0 aromatic heterocycles. The Morgan fingerprint density at radius 2 is 1.81 bits per heavy atom. The fraction of sp³-hybridized carbons (Fsp3) is 0.227. The van der Waals surface area contributed by atoms with Gasteiger partial charge in [-0.3, -0.25) is 0 Å². The summed E-state index contributed by atoms with van der Waals surface area (Å²) in [4.78, 5) is 3.39. The van der Waals surface area contributed by atoms with Gasteiger partial charge in [-0.1, -0.05) is 56.4 Å². The lowest BCUT2D eigenvalue weighted by Crippen LogP contribution is -1.90. The Hall–Kier alpha value is -2.60. The van der Waals surface area contributed by atoms with Gasteiger partial charge in [-0.15, -0.1) is 0 Å². The molecule has 0 spiro atoms. The molecule has 0 aliphatic carbocycles. The zero-order chi connectivity index (χ0) is 18.9. The first-order valence-electron chi connectivity index (χ1n) is 8.47. The summed E-state index contributed by atoms with van der Waals surface area (Å²) in [6.45, 7) is 4.19. The van der Waals surface area contributed by atoms with Crippen LogP contribution in [0, 0.1) is 23.5 Å². The quantitative estimate of drug-likeness (QED) is 0.335. The number of hydrogen-bond acceptors (Lipinski definition) is 2. The molecule has 0 unspecified atom stereocenters. The van der Waals surface area contributed by atoms with Gasteiger partial charge in [-0.2, -0.15) is 4.99 Å². The molecule has 0 amide bonds. The van der Waals surface area contributed by atoms with E-state index in [9.17, 15) is 8.78 Å². The highest BCUT2D eigenvalue weighted by molar-refractivity contribution is 7.78. The minimum absolute atomic E-state index is 0.247. The first kappa shape index (κ1) is 19.7. The molecule has 0 aliphatic heterocycles. The largest absolute Gasteiger partial charge is 0.204 e. The molecular weight excluding hydrogens is 348 g/mol. The minimum Gasteiger partial charge on any atom is -0.204 e. The number of isothiocyanates is 1. The Morgan fingerprint density at radius 1 is 1.08 bits per heavy atom. The molecule has 0 aliphatic rings. The number of thiocarbonyl (C=S) groups is 1. The molecule has 1 nitrogen and oxygen atoms in total. The molecule has 2 aromatic carbocycles. The number of nitrogens with zero attached hydrogens (tertiary/aromatic N) is 1. The standard InChI is InChI=1S/C22H19F2NS/c1-3-5-6-7-16-8-10-19(18(4-2)12-16)11-9-17-13-20(23)22(25-15-26)21(24)14-17/h6-8,10,12-14H,3-5H2,1-2H3/b7-6+. The predicted molar refractivity (Wildman–Crippen MR) is 107 cm³/mol. The van der Waals surface area contributed by atoms with E-state index in [2.05, 4.69) is 61.1 Å². The summed E-state index contributed by atoms with van der Waals surface area (Å²) in [5.74, 6) is 4.22. The normalized spacial score (nSPS) is 10.3. The minimum atomic E-state index is -0.807. The summed E-state index contributed by atoms with van der Waals surface area (Å²) in [7, 11) is 0. The predicted octanol–water partition coefficient (Wildman–Crippen LogP) is 6.47. The maximum atomic E-state index is 13.9. The molecule has 2 aromatic rings. The average Bonchev–Trinajstić information content (AvgIpc) is 2.63. The molecule has 0 saturated carbocycles. The van der Waals surface area contributed by atoms with Crippen LogP contribution in [0.15, 0.2) is 41.4 Å². The third kappa shape index (κ3) is 5.20. The van der Waals surface area contributed by atoms with E-state index in [0.717, 1.165) is 48.1 Å². The maximum Gasteiger partial charge on any atom is 0.153 e. The lowest BCUT2D eigenvalue weighted by Gasteiger charge is -2.03. The van der Waals surface area contributed by atoms with Crippen molar-refractivity contribution in [2.45, 2.75) is 33.1 Å². The molecule has 0 bridgehead atoms. The summed E-state index contributed by atoms with van der Waals surface area (Å²) < 4.78 is 27.7. The molecule has 26 heavy (non-hydrogen) atoms. The fourth-order valence-corrected chi connectivity index (χ4v) is 2.54. The van der Waals surface area contributed by atoms with Gasteiger partial charge >= 0.3 is 0 Å². The Kier molecular flexibility index (Phi) is 7.41. The maximum absolute atomic E-state index is 13.9. The smallest absolute Gasteiger partial charge is 0.153 e. The van der Waals surface area contributed by atoms with Gasteiger partial charge in [-0.25, -0.2) is 8.78 Å². The molecule has 4 heteroatoms. The van der Waals surface area contributed by atoms with E-state index >= 15 is 0 Å². The number of hydrogen-bond donors (Lipinski definition) is 0. The lowest BCUT2D eigenvalue weighted by atomic mass is 10.0. The van der Waals surface area contributed by atoms with Crippen LogP contribution in [0.5, 0.6) is 0 Å². The Labute approximate surface area is 158 Å². The summed E-state index contributed by atoms with van der Waals surface area (Å²) in [6, 6.07) is 8.32. The van der Waals surface area contributed by atoms with E-state index < -0.39 is 17.3 Å². The molecule has 0 heterocycles. The van der Waals surface area contributed by atoms with Gasteiger partial charge in [-0.05, 0) is 54.4 Å². The highest BCUT2D eigenvalue weighted by Gasteiger charge is 2.09. The number of rotatable bonds is 5. The molecular formula is C22H19F2NS. The Balaban J connectivity index is 2.33. The fourth-order valence-electron chi connectivity index (χ4n) is 2.45. The SMILES string of the molecule is CCC/C=C/c1ccc(C#Cc2cc(F)c(N=C=S)c(F)c2)c(CC)c1. The number of halogens is 2. The van der Waals surface area contributed by atoms with Crippen molar-refractivity contribution in [2.75, 3.05) is 0 Å². The van der Waals surface area contributed by atoms with Crippen LogP contribution in [0.2, 0.25) is 0 Å². The van der Waals surface area contributed by atoms with E-state index in [-0.39, 0.29) is 5.56 Å². The topological polar surface area (TPSA) is 12.4 Å². The highest BCUT2D eigenvalue weighted by atomic mass is 32.1. The van der Waals surface area contributed by atoms with Gasteiger partial charge in [0.2, 0.25) is 0 Å². The van der Waals surface area contributed by atoms with Gasteiger partial charge in [0.25, 0.3) is 0 Å². The van der Waals surface area contributed by atoms with E-state index in [1.54, 1.807) is 0 Å². The molecule has 132 valence electrons. The Morgan fingerprint density at radius 3 is 2.42 bits per heavy atom. The zero-order valence-corrected chi connectivity index (χ0v) is 15.6. The van der Waals surface area contributed by atoms with E-state index in [0.29, 0.717) is 0 Å². The molecule has 0 atom stereocenters. The molecule has 0 saturated heterocycles. The van der Waals surface area contributed by atoms with Crippen molar-refractivity contribution in [3.63, 3.8) is 0 Å². The van der Waals surface area contributed by atoms with Gasteiger partial charge in [0.15, 0.2) is 11.6 Å².